The minimum Gasteiger partial charge on any atom is -0.467 e. The number of nitrogens with zero attached hydrogens (tertiary/aromatic N) is 2. The van der Waals surface area contributed by atoms with E-state index in [0.29, 0.717) is 27.6 Å². The second kappa shape index (κ2) is 9.13. The maximum Gasteiger partial charge on any atom is 0.260 e. The van der Waals surface area contributed by atoms with E-state index < -0.39 is 0 Å². The second-order valence-electron chi connectivity index (χ2n) is 7.35. The normalized spacial score (nSPS) is 10.9. The van der Waals surface area contributed by atoms with Crippen molar-refractivity contribution in [2.24, 2.45) is 0 Å². The molecule has 0 fully saturated rings. The van der Waals surface area contributed by atoms with Gasteiger partial charge in [0.1, 0.15) is 5.76 Å². The average Bonchev–Trinajstić information content (AvgIpc) is 3.51. The van der Waals surface area contributed by atoms with Crippen LogP contribution in [0.4, 0.5) is 5.13 Å². The summed E-state index contributed by atoms with van der Waals surface area (Å²) in [6.07, 6.45) is 1.58. The Morgan fingerprint density at radius 2 is 1.61 bits per heavy atom. The summed E-state index contributed by atoms with van der Waals surface area (Å²) in [5.41, 5.74) is 2.42. The maximum atomic E-state index is 13.5. The third-order valence-corrected chi connectivity index (χ3v) is 6.67. The Kier molecular flexibility index (Phi) is 5.90. The van der Waals surface area contributed by atoms with E-state index >= 15 is 0 Å². The third-order valence-electron chi connectivity index (χ3n) is 5.14. The van der Waals surface area contributed by atoms with Gasteiger partial charge in [0.25, 0.3) is 5.91 Å². The molecular formula is C26H17BrN2O3S. The van der Waals surface area contributed by atoms with E-state index in [1.807, 2.05) is 42.5 Å². The number of halogens is 1. The summed E-state index contributed by atoms with van der Waals surface area (Å²) in [6.45, 7) is 0.248. The molecule has 0 N–H and O–H groups in total. The lowest BCUT2D eigenvalue weighted by molar-refractivity contribution is 0.0981. The summed E-state index contributed by atoms with van der Waals surface area (Å²) in [6, 6.07) is 25.2. The zero-order valence-electron chi connectivity index (χ0n) is 17.3. The summed E-state index contributed by atoms with van der Waals surface area (Å²) in [7, 11) is 0. The SMILES string of the molecule is O=C(c1ccccc1)c1ccc(C(=O)N(Cc2ccco2)c2nc3ccc(Br)cc3s2)cc1. The molecule has 0 atom stereocenters. The van der Waals surface area contributed by atoms with Crippen LogP contribution in [0.3, 0.4) is 0 Å². The van der Waals surface area contributed by atoms with Crippen molar-refractivity contribution < 1.29 is 14.0 Å². The van der Waals surface area contributed by atoms with Gasteiger partial charge in [0, 0.05) is 21.2 Å². The zero-order chi connectivity index (χ0) is 22.8. The Hall–Kier alpha value is -3.55. The van der Waals surface area contributed by atoms with Gasteiger partial charge in [-0.3, -0.25) is 14.5 Å². The van der Waals surface area contributed by atoms with E-state index in [2.05, 4.69) is 20.9 Å². The van der Waals surface area contributed by atoms with Crippen LogP contribution in [0.15, 0.2) is 100 Å². The number of furan rings is 1. The molecule has 0 saturated carbocycles. The largest absolute Gasteiger partial charge is 0.467 e. The van der Waals surface area contributed by atoms with Crippen molar-refractivity contribution in [3.63, 3.8) is 0 Å². The number of anilines is 1. The number of aromatic nitrogens is 1. The highest BCUT2D eigenvalue weighted by molar-refractivity contribution is 9.10. The van der Waals surface area contributed by atoms with Crippen LogP contribution in [0.1, 0.15) is 32.0 Å². The molecule has 0 aliphatic heterocycles. The first kappa shape index (κ1) is 21.3. The fourth-order valence-corrected chi connectivity index (χ4v) is 4.98. The number of hydrogen-bond acceptors (Lipinski definition) is 5. The van der Waals surface area contributed by atoms with Gasteiger partial charge >= 0.3 is 0 Å². The highest BCUT2D eigenvalue weighted by Crippen LogP contribution is 2.32. The van der Waals surface area contributed by atoms with Crippen LogP contribution in [0.25, 0.3) is 10.2 Å². The summed E-state index contributed by atoms with van der Waals surface area (Å²) >= 11 is 4.92. The van der Waals surface area contributed by atoms with E-state index in [1.165, 1.54) is 11.3 Å². The van der Waals surface area contributed by atoms with Gasteiger partial charge in [0.2, 0.25) is 0 Å². The number of ketones is 1. The number of carbonyl (C=O) groups excluding carboxylic acids is 2. The van der Waals surface area contributed by atoms with Crippen molar-refractivity contribution in [1.82, 2.24) is 4.98 Å². The number of carbonyl (C=O) groups is 2. The van der Waals surface area contributed by atoms with E-state index in [9.17, 15) is 9.59 Å². The van der Waals surface area contributed by atoms with Crippen LogP contribution in [0, 0.1) is 0 Å². The fourth-order valence-electron chi connectivity index (χ4n) is 3.46. The first-order chi connectivity index (χ1) is 16.1. The van der Waals surface area contributed by atoms with E-state index in [4.69, 9.17) is 4.42 Å². The predicted octanol–water partition coefficient (Wildman–Crippen LogP) is 6.73. The smallest absolute Gasteiger partial charge is 0.260 e. The van der Waals surface area contributed by atoms with Crippen LogP contribution < -0.4 is 4.90 Å². The highest BCUT2D eigenvalue weighted by atomic mass is 79.9. The Labute approximate surface area is 202 Å². The molecule has 2 aromatic heterocycles. The standard InChI is InChI=1S/C26H17BrN2O3S/c27-20-12-13-22-23(15-20)33-26(28-22)29(16-21-7-4-14-32-21)25(31)19-10-8-18(9-11-19)24(30)17-5-2-1-3-6-17/h1-15H,16H2. The number of amides is 1. The number of fused-ring (bicyclic) bond motifs is 1. The summed E-state index contributed by atoms with van der Waals surface area (Å²) in [5, 5.41) is 0.578. The molecule has 1 amide bonds. The number of rotatable bonds is 6. The van der Waals surface area contributed by atoms with E-state index in [-0.39, 0.29) is 18.2 Å². The Balaban J connectivity index is 1.47. The molecule has 162 valence electrons. The molecule has 0 spiro atoms. The minimum absolute atomic E-state index is 0.0845. The molecule has 33 heavy (non-hydrogen) atoms. The van der Waals surface area contributed by atoms with E-state index in [1.54, 1.807) is 53.6 Å². The van der Waals surface area contributed by atoms with Crippen LogP contribution in [-0.2, 0) is 6.54 Å². The highest BCUT2D eigenvalue weighted by Gasteiger charge is 2.23. The first-order valence-corrected chi connectivity index (χ1v) is 11.8. The topological polar surface area (TPSA) is 63.4 Å². The van der Waals surface area contributed by atoms with Crippen molar-refractivity contribution in [1.29, 1.82) is 0 Å². The van der Waals surface area contributed by atoms with Gasteiger partial charge in [-0.1, -0.05) is 69.7 Å². The Morgan fingerprint density at radius 3 is 2.33 bits per heavy atom. The van der Waals surface area contributed by atoms with Crippen LogP contribution in [0.2, 0.25) is 0 Å². The van der Waals surface area contributed by atoms with Gasteiger partial charge < -0.3 is 4.42 Å². The van der Waals surface area contributed by atoms with Crippen molar-refractivity contribution in [3.8, 4) is 0 Å². The predicted molar refractivity (Wildman–Crippen MR) is 133 cm³/mol. The van der Waals surface area contributed by atoms with Gasteiger partial charge in [0.15, 0.2) is 10.9 Å². The minimum atomic E-state index is -0.219. The number of benzene rings is 3. The Bertz CT molecular complexity index is 1430. The molecule has 0 bridgehead atoms. The summed E-state index contributed by atoms with van der Waals surface area (Å²) in [5.74, 6) is 0.349. The molecular weight excluding hydrogens is 500 g/mol. The van der Waals surface area contributed by atoms with Gasteiger partial charge in [-0.15, -0.1) is 0 Å². The van der Waals surface area contributed by atoms with Crippen molar-refractivity contribution in [2.75, 3.05) is 4.90 Å². The van der Waals surface area contributed by atoms with Gasteiger partial charge in [-0.2, -0.15) is 0 Å². The quantitative estimate of drug-likeness (QED) is 0.234. The first-order valence-electron chi connectivity index (χ1n) is 10.2. The lowest BCUT2D eigenvalue weighted by Crippen LogP contribution is -2.30. The second-order valence-corrected chi connectivity index (χ2v) is 9.28. The van der Waals surface area contributed by atoms with Gasteiger partial charge in [0.05, 0.1) is 23.0 Å². The number of thiazole rings is 1. The van der Waals surface area contributed by atoms with Crippen LogP contribution >= 0.6 is 27.3 Å². The summed E-state index contributed by atoms with van der Waals surface area (Å²) in [4.78, 5) is 32.5. The molecule has 5 nitrogen and oxygen atoms in total. The molecule has 0 unspecified atom stereocenters. The van der Waals surface area contributed by atoms with E-state index in [0.717, 1.165) is 14.7 Å². The molecule has 0 aliphatic rings. The fraction of sp³-hybridized carbons (Fsp3) is 0.0385. The van der Waals surface area contributed by atoms with Gasteiger partial charge in [-0.05, 0) is 42.5 Å². The van der Waals surface area contributed by atoms with Crippen molar-refractivity contribution in [3.05, 3.63) is 118 Å². The lowest BCUT2D eigenvalue weighted by Gasteiger charge is -2.19. The molecule has 0 saturated heterocycles. The monoisotopic (exact) mass is 516 g/mol. The molecule has 2 heterocycles. The van der Waals surface area contributed by atoms with Crippen LogP contribution in [-0.4, -0.2) is 16.7 Å². The summed E-state index contributed by atoms with van der Waals surface area (Å²) < 4.78 is 7.42. The molecule has 5 aromatic rings. The molecule has 7 heteroatoms. The van der Waals surface area contributed by atoms with Crippen LogP contribution in [0.5, 0.6) is 0 Å². The lowest BCUT2D eigenvalue weighted by atomic mass is 10.0. The van der Waals surface area contributed by atoms with Gasteiger partial charge in [-0.25, -0.2) is 4.98 Å². The molecule has 0 radical (unpaired) electrons. The van der Waals surface area contributed by atoms with Crippen molar-refractivity contribution >= 4 is 54.3 Å². The average molecular weight is 517 g/mol. The van der Waals surface area contributed by atoms with Crippen molar-refractivity contribution in [2.45, 2.75) is 6.54 Å². The maximum absolute atomic E-state index is 13.5. The molecule has 5 rings (SSSR count). The Morgan fingerprint density at radius 1 is 0.879 bits per heavy atom. The number of hydrogen-bond donors (Lipinski definition) is 0. The molecule has 0 aliphatic carbocycles. The third kappa shape index (κ3) is 4.51. The zero-order valence-corrected chi connectivity index (χ0v) is 19.7. The molecule has 3 aromatic carbocycles.